The Morgan fingerprint density at radius 3 is 2.63 bits per heavy atom. The molecule has 1 amide bonds. The lowest BCUT2D eigenvalue weighted by molar-refractivity contribution is -0.126. The van der Waals surface area contributed by atoms with Gasteiger partial charge in [-0.3, -0.25) is 9.78 Å². The van der Waals surface area contributed by atoms with Gasteiger partial charge in [0, 0.05) is 42.5 Å². The minimum absolute atomic E-state index is 0.0551. The number of carbonyl (C=O) groups excluding carboxylic acids is 1. The van der Waals surface area contributed by atoms with E-state index in [0.29, 0.717) is 12.5 Å². The highest BCUT2D eigenvalue weighted by molar-refractivity contribution is 5.92. The molecule has 3 heterocycles. The molecule has 178 valence electrons. The summed E-state index contributed by atoms with van der Waals surface area (Å²) in [4.78, 5) is 22.3. The Kier molecular flexibility index (Phi) is 6.80. The first kappa shape index (κ1) is 22.7. The lowest BCUT2D eigenvalue weighted by Gasteiger charge is -2.31. The summed E-state index contributed by atoms with van der Waals surface area (Å²) in [5.74, 6) is 2.13. The zero-order chi connectivity index (χ0) is 24.0. The van der Waals surface area contributed by atoms with E-state index in [1.54, 1.807) is 19.4 Å². The van der Waals surface area contributed by atoms with Crippen molar-refractivity contribution in [2.45, 2.75) is 25.4 Å². The number of rotatable bonds is 7. The number of amides is 1. The maximum Gasteiger partial charge on any atom is 0.246 e. The molecule has 0 bridgehead atoms. The predicted molar refractivity (Wildman–Crippen MR) is 137 cm³/mol. The topological polar surface area (TPSA) is 67.5 Å². The highest BCUT2D eigenvalue weighted by atomic mass is 16.5. The Balaban J connectivity index is 1.14. The molecule has 0 aliphatic carbocycles. The number of methoxy groups -OCH3 is 1. The van der Waals surface area contributed by atoms with Gasteiger partial charge in [-0.1, -0.05) is 18.2 Å². The number of H-pyrrole nitrogens is 1. The van der Waals surface area contributed by atoms with Crippen LogP contribution in [0.25, 0.3) is 17.0 Å². The molecular weight excluding hydrogens is 438 g/mol. The number of fused-ring (bicyclic) bond motifs is 1. The fourth-order valence-electron chi connectivity index (χ4n) is 4.59. The summed E-state index contributed by atoms with van der Waals surface area (Å²) in [6.45, 7) is 1.94. The van der Waals surface area contributed by atoms with Gasteiger partial charge in [-0.15, -0.1) is 0 Å². The van der Waals surface area contributed by atoms with Gasteiger partial charge in [0.2, 0.25) is 5.91 Å². The van der Waals surface area contributed by atoms with Crippen LogP contribution >= 0.6 is 0 Å². The fourth-order valence-corrected chi connectivity index (χ4v) is 4.59. The van der Waals surface area contributed by atoms with Crippen molar-refractivity contribution in [3.63, 3.8) is 0 Å². The van der Waals surface area contributed by atoms with Crippen LogP contribution in [0.15, 0.2) is 79.1 Å². The van der Waals surface area contributed by atoms with E-state index in [-0.39, 0.29) is 5.91 Å². The zero-order valence-electron chi connectivity index (χ0n) is 19.8. The molecule has 2 aromatic heterocycles. The third-order valence-corrected chi connectivity index (χ3v) is 6.58. The molecule has 4 aromatic rings. The number of piperidine rings is 1. The molecule has 0 radical (unpaired) electrons. The molecular formula is C29H29N3O3. The molecule has 2 aromatic carbocycles. The normalized spacial score (nSPS) is 14.5. The largest absolute Gasteiger partial charge is 0.497 e. The van der Waals surface area contributed by atoms with Crippen molar-refractivity contribution >= 4 is 22.9 Å². The van der Waals surface area contributed by atoms with Crippen LogP contribution in [0.2, 0.25) is 0 Å². The van der Waals surface area contributed by atoms with E-state index < -0.39 is 0 Å². The molecule has 1 aliphatic heterocycles. The van der Waals surface area contributed by atoms with Crippen LogP contribution < -0.4 is 9.47 Å². The molecule has 0 atom stereocenters. The van der Waals surface area contributed by atoms with Crippen LogP contribution in [0.4, 0.5) is 0 Å². The first-order valence-corrected chi connectivity index (χ1v) is 11.9. The minimum Gasteiger partial charge on any atom is -0.497 e. The van der Waals surface area contributed by atoms with Gasteiger partial charge in [0.1, 0.15) is 18.1 Å². The van der Waals surface area contributed by atoms with Crippen LogP contribution in [0.3, 0.4) is 0 Å². The van der Waals surface area contributed by atoms with Gasteiger partial charge < -0.3 is 19.4 Å². The third kappa shape index (κ3) is 5.38. The van der Waals surface area contributed by atoms with Crippen LogP contribution in [0.5, 0.6) is 11.5 Å². The molecule has 1 saturated heterocycles. The number of nitrogens with one attached hydrogen (secondary N) is 1. The maximum atomic E-state index is 12.8. The number of aromatic amines is 1. The molecule has 0 spiro atoms. The molecule has 6 heteroatoms. The molecule has 35 heavy (non-hydrogen) atoms. The van der Waals surface area contributed by atoms with Crippen LogP contribution in [0, 0.1) is 0 Å². The van der Waals surface area contributed by atoms with E-state index in [0.717, 1.165) is 54.2 Å². The Labute approximate surface area is 205 Å². The number of benzene rings is 2. The maximum absolute atomic E-state index is 12.8. The first-order chi connectivity index (χ1) is 17.2. The molecule has 5 rings (SSSR count). The van der Waals surface area contributed by atoms with Gasteiger partial charge in [0.25, 0.3) is 0 Å². The number of likely N-dealkylation sites (tertiary alicyclic amines) is 1. The van der Waals surface area contributed by atoms with E-state index in [1.807, 2.05) is 59.5 Å². The van der Waals surface area contributed by atoms with Crippen molar-refractivity contribution in [1.29, 1.82) is 0 Å². The smallest absolute Gasteiger partial charge is 0.246 e. The van der Waals surface area contributed by atoms with Gasteiger partial charge in [-0.2, -0.15) is 0 Å². The molecule has 6 nitrogen and oxygen atoms in total. The van der Waals surface area contributed by atoms with Crippen molar-refractivity contribution in [2.75, 3.05) is 20.2 Å². The number of hydrogen-bond acceptors (Lipinski definition) is 4. The van der Waals surface area contributed by atoms with Gasteiger partial charge in [0.15, 0.2) is 0 Å². The lowest BCUT2D eigenvalue weighted by atomic mass is 9.89. The summed E-state index contributed by atoms with van der Waals surface area (Å²) >= 11 is 0. The van der Waals surface area contributed by atoms with Gasteiger partial charge in [-0.05, 0) is 78.4 Å². The third-order valence-electron chi connectivity index (χ3n) is 6.58. The highest BCUT2D eigenvalue weighted by Gasteiger charge is 2.24. The summed E-state index contributed by atoms with van der Waals surface area (Å²) in [7, 11) is 1.69. The van der Waals surface area contributed by atoms with Crippen molar-refractivity contribution in [1.82, 2.24) is 14.9 Å². The number of pyridine rings is 1. The summed E-state index contributed by atoms with van der Waals surface area (Å²) in [6, 6.07) is 19.6. The van der Waals surface area contributed by atoms with Crippen molar-refractivity contribution in [2.24, 2.45) is 0 Å². The molecule has 1 aliphatic rings. The highest BCUT2D eigenvalue weighted by Crippen LogP contribution is 2.34. The average molecular weight is 468 g/mol. The van der Waals surface area contributed by atoms with Gasteiger partial charge >= 0.3 is 0 Å². The van der Waals surface area contributed by atoms with Crippen LogP contribution in [0.1, 0.15) is 35.6 Å². The number of ether oxygens (including phenoxy) is 2. The number of carbonyl (C=O) groups is 1. The molecule has 1 fully saturated rings. The van der Waals surface area contributed by atoms with Crippen molar-refractivity contribution < 1.29 is 14.3 Å². The van der Waals surface area contributed by atoms with E-state index in [1.165, 1.54) is 10.9 Å². The monoisotopic (exact) mass is 467 g/mol. The molecule has 0 unspecified atom stereocenters. The summed E-state index contributed by atoms with van der Waals surface area (Å²) in [5.41, 5.74) is 4.28. The Hall–Kier alpha value is -4.06. The second-order valence-corrected chi connectivity index (χ2v) is 8.77. The Bertz CT molecular complexity index is 1300. The van der Waals surface area contributed by atoms with E-state index in [9.17, 15) is 4.79 Å². The standard InChI is InChI=1S/C29H29N3O3/c1-34-25-10-11-28-26(18-25)27(19-31-28)22-13-16-32(17-14-22)29(33)12-7-21-5-8-24(9-6-21)35-20-23-4-2-3-15-30-23/h2-12,15,18-19,22,31H,13-14,16-17,20H2,1H3/b12-7+. The SMILES string of the molecule is COc1ccc2[nH]cc(C3CCN(C(=O)/C=C/c4ccc(OCc5ccccn5)cc4)CC3)c2c1. The first-order valence-electron chi connectivity index (χ1n) is 11.9. The fraction of sp³-hybridized carbons (Fsp3) is 0.241. The minimum atomic E-state index is 0.0551. The molecule has 1 N–H and O–H groups in total. The second-order valence-electron chi connectivity index (χ2n) is 8.77. The number of aromatic nitrogens is 2. The quantitative estimate of drug-likeness (QED) is 0.361. The second kappa shape index (κ2) is 10.5. The van der Waals surface area contributed by atoms with Gasteiger partial charge in [-0.25, -0.2) is 0 Å². The van der Waals surface area contributed by atoms with Crippen LogP contribution in [-0.2, 0) is 11.4 Å². The zero-order valence-corrected chi connectivity index (χ0v) is 19.8. The lowest BCUT2D eigenvalue weighted by Crippen LogP contribution is -2.36. The molecule has 0 saturated carbocycles. The summed E-state index contributed by atoms with van der Waals surface area (Å²) in [6.07, 6.45) is 9.29. The average Bonchev–Trinajstić information content (AvgIpc) is 3.35. The Morgan fingerprint density at radius 2 is 1.89 bits per heavy atom. The number of nitrogens with zero attached hydrogens (tertiary/aromatic N) is 2. The van der Waals surface area contributed by atoms with Crippen molar-refractivity contribution in [3.8, 4) is 11.5 Å². The number of hydrogen-bond donors (Lipinski definition) is 1. The van der Waals surface area contributed by atoms with Crippen LogP contribution in [-0.4, -0.2) is 41.0 Å². The van der Waals surface area contributed by atoms with E-state index in [2.05, 4.69) is 28.3 Å². The van der Waals surface area contributed by atoms with Gasteiger partial charge in [0.05, 0.1) is 12.8 Å². The summed E-state index contributed by atoms with van der Waals surface area (Å²) < 4.78 is 11.2. The predicted octanol–water partition coefficient (Wildman–Crippen LogP) is 5.57. The van der Waals surface area contributed by atoms with E-state index >= 15 is 0 Å². The summed E-state index contributed by atoms with van der Waals surface area (Å²) in [5, 5.41) is 1.21. The van der Waals surface area contributed by atoms with E-state index in [4.69, 9.17) is 9.47 Å². The van der Waals surface area contributed by atoms with Crippen molar-refractivity contribution in [3.05, 3.63) is 96.0 Å². The Morgan fingerprint density at radius 1 is 1.09 bits per heavy atom.